The quantitative estimate of drug-likeness (QED) is 0.901. The van der Waals surface area contributed by atoms with Crippen LogP contribution in [0.3, 0.4) is 0 Å². The zero-order chi connectivity index (χ0) is 14.0. The van der Waals surface area contributed by atoms with E-state index in [1.165, 1.54) is 24.4 Å². The van der Waals surface area contributed by atoms with Gasteiger partial charge in [0.15, 0.2) is 0 Å². The SMILES string of the molecule is O=C(O)c1ccncc1NS(=O)(=O)c1ccc(Cl)s1. The molecule has 0 unspecified atom stereocenters. The van der Waals surface area contributed by atoms with Gasteiger partial charge in [0, 0.05) is 6.20 Å². The highest BCUT2D eigenvalue weighted by Crippen LogP contribution is 2.27. The summed E-state index contributed by atoms with van der Waals surface area (Å²) in [6.45, 7) is 0. The molecule has 19 heavy (non-hydrogen) atoms. The van der Waals surface area contributed by atoms with Crippen molar-refractivity contribution in [2.75, 3.05) is 4.72 Å². The maximum Gasteiger partial charge on any atom is 0.337 e. The first kappa shape index (κ1) is 13.8. The van der Waals surface area contributed by atoms with Crippen LogP contribution < -0.4 is 4.72 Å². The van der Waals surface area contributed by atoms with Crippen LogP contribution in [0.25, 0.3) is 0 Å². The fraction of sp³-hybridized carbons (Fsp3) is 0. The summed E-state index contributed by atoms with van der Waals surface area (Å²) in [5.41, 5.74) is -0.277. The summed E-state index contributed by atoms with van der Waals surface area (Å²) in [5, 5.41) is 8.96. The Balaban J connectivity index is 2.39. The van der Waals surface area contributed by atoms with Gasteiger partial charge in [-0.05, 0) is 18.2 Å². The number of carboxylic acid groups (broad SMARTS) is 1. The first-order valence-electron chi connectivity index (χ1n) is 4.85. The topological polar surface area (TPSA) is 96.4 Å². The average molecular weight is 319 g/mol. The van der Waals surface area contributed by atoms with Crippen molar-refractivity contribution in [3.63, 3.8) is 0 Å². The number of rotatable bonds is 4. The Morgan fingerprint density at radius 1 is 1.37 bits per heavy atom. The van der Waals surface area contributed by atoms with Crippen LogP contribution in [0.15, 0.2) is 34.8 Å². The monoisotopic (exact) mass is 318 g/mol. The molecular formula is C10H7ClN2O4S2. The average Bonchev–Trinajstić information content (AvgIpc) is 2.76. The fourth-order valence-electron chi connectivity index (χ4n) is 1.30. The van der Waals surface area contributed by atoms with Gasteiger partial charge in [0.05, 0.1) is 21.8 Å². The molecule has 0 aliphatic heterocycles. The molecule has 2 aromatic heterocycles. The molecule has 0 spiro atoms. The lowest BCUT2D eigenvalue weighted by Gasteiger charge is -2.08. The van der Waals surface area contributed by atoms with Crippen LogP contribution in [0.1, 0.15) is 10.4 Å². The second-order valence-corrected chi connectivity index (χ2v) is 7.01. The van der Waals surface area contributed by atoms with Crippen LogP contribution >= 0.6 is 22.9 Å². The number of anilines is 1. The number of carboxylic acids is 1. The van der Waals surface area contributed by atoms with E-state index < -0.39 is 16.0 Å². The number of halogens is 1. The van der Waals surface area contributed by atoms with Crippen molar-refractivity contribution in [2.24, 2.45) is 0 Å². The van der Waals surface area contributed by atoms with E-state index in [1.54, 1.807) is 0 Å². The van der Waals surface area contributed by atoms with Crippen molar-refractivity contribution >= 4 is 44.6 Å². The number of pyridine rings is 1. The highest BCUT2D eigenvalue weighted by Gasteiger charge is 2.20. The Bertz CT molecular complexity index is 727. The summed E-state index contributed by atoms with van der Waals surface area (Å²) < 4.78 is 26.5. The molecular weight excluding hydrogens is 312 g/mol. The summed E-state index contributed by atoms with van der Waals surface area (Å²) in [4.78, 5) is 14.7. The molecule has 0 saturated heterocycles. The third kappa shape index (κ3) is 3.03. The smallest absolute Gasteiger partial charge is 0.337 e. The Kier molecular flexibility index (Phi) is 3.74. The number of nitrogens with zero attached hydrogens (tertiary/aromatic N) is 1. The van der Waals surface area contributed by atoms with Crippen LogP contribution in [-0.4, -0.2) is 24.5 Å². The minimum absolute atomic E-state index is 0.00214. The largest absolute Gasteiger partial charge is 0.478 e. The Morgan fingerprint density at radius 2 is 2.11 bits per heavy atom. The maximum atomic E-state index is 12.0. The number of aromatic carboxylic acids is 1. The highest BCUT2D eigenvalue weighted by molar-refractivity contribution is 7.94. The van der Waals surface area contributed by atoms with Gasteiger partial charge in [0.25, 0.3) is 10.0 Å². The van der Waals surface area contributed by atoms with E-state index >= 15 is 0 Å². The van der Waals surface area contributed by atoms with Gasteiger partial charge in [0.2, 0.25) is 0 Å². The first-order valence-corrected chi connectivity index (χ1v) is 7.53. The fourth-order valence-corrected chi connectivity index (χ4v) is 3.85. The van der Waals surface area contributed by atoms with E-state index in [9.17, 15) is 13.2 Å². The zero-order valence-electron chi connectivity index (χ0n) is 9.20. The van der Waals surface area contributed by atoms with Gasteiger partial charge in [-0.1, -0.05) is 11.6 Å². The van der Waals surface area contributed by atoms with Gasteiger partial charge in [-0.3, -0.25) is 9.71 Å². The predicted octanol–water partition coefficient (Wildman–Crippen LogP) is 2.30. The lowest BCUT2D eigenvalue weighted by atomic mass is 10.2. The second kappa shape index (κ2) is 5.16. The van der Waals surface area contributed by atoms with Gasteiger partial charge in [0.1, 0.15) is 4.21 Å². The first-order chi connectivity index (χ1) is 8.90. The molecule has 0 amide bonds. The van der Waals surface area contributed by atoms with Gasteiger partial charge < -0.3 is 5.11 Å². The van der Waals surface area contributed by atoms with Crippen molar-refractivity contribution in [2.45, 2.75) is 4.21 Å². The molecule has 2 aromatic rings. The van der Waals surface area contributed by atoms with Crippen molar-refractivity contribution in [3.8, 4) is 0 Å². The Hall–Kier alpha value is -1.64. The van der Waals surface area contributed by atoms with E-state index in [2.05, 4.69) is 9.71 Å². The molecule has 0 bridgehead atoms. The Labute approximate surface area is 117 Å². The van der Waals surface area contributed by atoms with Crippen molar-refractivity contribution in [1.29, 1.82) is 0 Å². The predicted molar refractivity (Wildman–Crippen MR) is 71.3 cm³/mol. The number of hydrogen-bond donors (Lipinski definition) is 2. The summed E-state index contributed by atoms with van der Waals surface area (Å²) in [6.07, 6.45) is 2.40. The number of nitrogens with one attached hydrogen (secondary N) is 1. The molecule has 0 fully saturated rings. The third-order valence-corrected chi connectivity index (χ3v) is 5.20. The maximum absolute atomic E-state index is 12.0. The summed E-state index contributed by atoms with van der Waals surface area (Å²) in [6, 6.07) is 4.00. The van der Waals surface area contributed by atoms with Crippen LogP contribution in [0.4, 0.5) is 5.69 Å². The molecule has 0 aliphatic rings. The lowest BCUT2D eigenvalue weighted by molar-refractivity contribution is 0.0698. The Morgan fingerprint density at radius 3 is 2.68 bits per heavy atom. The number of hydrogen-bond acceptors (Lipinski definition) is 5. The molecule has 9 heteroatoms. The molecule has 0 aliphatic carbocycles. The minimum atomic E-state index is -3.87. The molecule has 0 aromatic carbocycles. The zero-order valence-corrected chi connectivity index (χ0v) is 11.6. The third-order valence-electron chi connectivity index (χ3n) is 2.11. The van der Waals surface area contributed by atoms with Crippen LogP contribution in [-0.2, 0) is 10.0 Å². The van der Waals surface area contributed by atoms with Gasteiger partial charge in [-0.15, -0.1) is 11.3 Å². The van der Waals surface area contributed by atoms with Crippen molar-refractivity contribution in [3.05, 3.63) is 40.5 Å². The van der Waals surface area contributed by atoms with Crippen LogP contribution in [0, 0.1) is 0 Å². The normalized spacial score (nSPS) is 11.2. The number of aromatic nitrogens is 1. The summed E-state index contributed by atoms with van der Waals surface area (Å²) in [5.74, 6) is -1.25. The highest BCUT2D eigenvalue weighted by atomic mass is 35.5. The van der Waals surface area contributed by atoms with Crippen LogP contribution in [0.5, 0.6) is 0 Å². The van der Waals surface area contributed by atoms with E-state index in [0.29, 0.717) is 4.34 Å². The van der Waals surface area contributed by atoms with Crippen molar-refractivity contribution < 1.29 is 18.3 Å². The number of sulfonamides is 1. The molecule has 2 heterocycles. The molecule has 0 atom stereocenters. The molecule has 0 radical (unpaired) electrons. The van der Waals surface area contributed by atoms with Gasteiger partial charge in [-0.25, -0.2) is 13.2 Å². The molecule has 2 rings (SSSR count). The lowest BCUT2D eigenvalue weighted by Crippen LogP contribution is -2.14. The van der Waals surface area contributed by atoms with Crippen molar-refractivity contribution in [1.82, 2.24) is 4.98 Å². The summed E-state index contributed by atoms with van der Waals surface area (Å²) >= 11 is 6.55. The molecule has 0 saturated carbocycles. The van der Waals surface area contributed by atoms with Gasteiger partial charge >= 0.3 is 5.97 Å². The second-order valence-electron chi connectivity index (χ2n) is 3.39. The molecule has 6 nitrogen and oxygen atoms in total. The number of carbonyl (C=O) groups is 1. The van der Waals surface area contributed by atoms with Gasteiger partial charge in [-0.2, -0.15) is 0 Å². The van der Waals surface area contributed by atoms with E-state index in [0.717, 1.165) is 17.5 Å². The molecule has 100 valence electrons. The van der Waals surface area contributed by atoms with E-state index in [-0.39, 0.29) is 15.5 Å². The summed E-state index contributed by atoms with van der Waals surface area (Å²) in [7, 11) is -3.87. The molecule has 2 N–H and O–H groups in total. The van der Waals surface area contributed by atoms with Crippen LogP contribution in [0.2, 0.25) is 4.34 Å². The van der Waals surface area contributed by atoms with E-state index in [1.807, 2.05) is 0 Å². The minimum Gasteiger partial charge on any atom is -0.478 e. The standard InChI is InChI=1S/C10H7ClN2O4S2/c11-8-1-2-9(18-8)19(16,17)13-7-5-12-4-3-6(7)10(14)15/h1-5,13H,(H,14,15). The van der Waals surface area contributed by atoms with E-state index in [4.69, 9.17) is 16.7 Å². The number of thiophene rings is 1.